The summed E-state index contributed by atoms with van der Waals surface area (Å²) < 4.78 is 19.7. The number of nitrogens with one attached hydrogen (secondary N) is 1. The van der Waals surface area contributed by atoms with E-state index in [9.17, 15) is 4.39 Å². The number of rotatable bonds is 6. The topological polar surface area (TPSA) is 21.3 Å². The molecule has 0 spiro atoms. The van der Waals surface area contributed by atoms with Crippen LogP contribution in [0.5, 0.6) is 5.75 Å². The van der Waals surface area contributed by atoms with Gasteiger partial charge in [-0.25, -0.2) is 4.39 Å². The molecule has 1 fully saturated rings. The summed E-state index contributed by atoms with van der Waals surface area (Å²) in [5, 5.41) is 3.97. The summed E-state index contributed by atoms with van der Waals surface area (Å²) in [5.41, 5.74) is 1.49. The van der Waals surface area contributed by atoms with Gasteiger partial charge in [0.05, 0.1) is 5.02 Å². The van der Waals surface area contributed by atoms with E-state index in [2.05, 4.69) is 5.32 Å². The van der Waals surface area contributed by atoms with Gasteiger partial charge in [-0.3, -0.25) is 0 Å². The number of para-hydroxylation sites is 1. The van der Waals surface area contributed by atoms with Crippen molar-refractivity contribution in [1.82, 2.24) is 5.32 Å². The summed E-state index contributed by atoms with van der Waals surface area (Å²) in [4.78, 5) is 0. The van der Waals surface area contributed by atoms with E-state index < -0.39 is 0 Å². The predicted molar refractivity (Wildman–Crippen MR) is 91.3 cm³/mol. The fourth-order valence-corrected chi connectivity index (χ4v) is 3.21. The Balaban J connectivity index is 1.65. The highest BCUT2D eigenvalue weighted by atomic mass is 35.5. The van der Waals surface area contributed by atoms with Gasteiger partial charge >= 0.3 is 0 Å². The Morgan fingerprint density at radius 2 is 1.87 bits per heavy atom. The number of halogens is 2. The minimum atomic E-state index is -0.334. The predicted octanol–water partition coefficient (Wildman–Crippen LogP) is 5.09. The second-order valence-electron chi connectivity index (χ2n) is 5.96. The quantitative estimate of drug-likeness (QED) is 0.795. The third kappa shape index (κ3) is 4.24. The molecule has 0 heterocycles. The second kappa shape index (κ2) is 7.80. The van der Waals surface area contributed by atoms with Crippen LogP contribution in [0.3, 0.4) is 0 Å². The van der Waals surface area contributed by atoms with Crippen molar-refractivity contribution in [2.24, 2.45) is 0 Å². The van der Waals surface area contributed by atoms with Crippen LogP contribution in [0.2, 0.25) is 5.02 Å². The highest BCUT2D eigenvalue weighted by molar-refractivity contribution is 6.31. The molecule has 23 heavy (non-hydrogen) atoms. The number of hydrogen-bond donors (Lipinski definition) is 1. The van der Waals surface area contributed by atoms with Gasteiger partial charge in [0.1, 0.15) is 18.2 Å². The molecule has 0 bridgehead atoms. The molecule has 2 aromatic carbocycles. The van der Waals surface area contributed by atoms with Crippen LogP contribution in [0, 0.1) is 5.82 Å². The van der Waals surface area contributed by atoms with Crippen molar-refractivity contribution in [2.75, 3.05) is 0 Å². The van der Waals surface area contributed by atoms with Crippen molar-refractivity contribution in [2.45, 2.75) is 44.9 Å². The van der Waals surface area contributed by atoms with Gasteiger partial charge in [0, 0.05) is 23.7 Å². The maximum absolute atomic E-state index is 13.8. The van der Waals surface area contributed by atoms with Crippen LogP contribution in [0.25, 0.3) is 0 Å². The molecule has 0 atom stereocenters. The lowest BCUT2D eigenvalue weighted by Gasteiger charge is -2.16. The SMILES string of the molecule is Fc1cccc(Cl)c1COc1ccccc1CNC1CCCC1. The largest absolute Gasteiger partial charge is 0.488 e. The van der Waals surface area contributed by atoms with E-state index in [1.807, 2.05) is 24.3 Å². The molecule has 0 saturated heterocycles. The fraction of sp³-hybridized carbons (Fsp3) is 0.368. The van der Waals surface area contributed by atoms with E-state index in [0.717, 1.165) is 17.9 Å². The van der Waals surface area contributed by atoms with Crippen LogP contribution in [0.15, 0.2) is 42.5 Å². The minimum absolute atomic E-state index is 0.131. The van der Waals surface area contributed by atoms with Gasteiger partial charge in [0.25, 0.3) is 0 Å². The lowest BCUT2D eigenvalue weighted by atomic mass is 10.1. The first-order valence-electron chi connectivity index (χ1n) is 8.11. The molecule has 0 unspecified atom stereocenters. The first-order valence-corrected chi connectivity index (χ1v) is 8.49. The maximum Gasteiger partial charge on any atom is 0.131 e. The van der Waals surface area contributed by atoms with Crippen molar-refractivity contribution >= 4 is 11.6 Å². The summed E-state index contributed by atoms with van der Waals surface area (Å²) >= 11 is 6.05. The zero-order valence-corrected chi connectivity index (χ0v) is 13.8. The zero-order chi connectivity index (χ0) is 16.1. The van der Waals surface area contributed by atoms with Crippen LogP contribution in [-0.4, -0.2) is 6.04 Å². The van der Waals surface area contributed by atoms with Gasteiger partial charge in [0.15, 0.2) is 0 Å². The van der Waals surface area contributed by atoms with Crippen LogP contribution >= 0.6 is 11.6 Å². The lowest BCUT2D eigenvalue weighted by Crippen LogP contribution is -2.25. The Morgan fingerprint density at radius 3 is 2.65 bits per heavy atom. The number of ether oxygens (including phenoxy) is 1. The lowest BCUT2D eigenvalue weighted by molar-refractivity contribution is 0.295. The highest BCUT2D eigenvalue weighted by Gasteiger charge is 2.15. The van der Waals surface area contributed by atoms with Crippen LogP contribution < -0.4 is 10.1 Å². The van der Waals surface area contributed by atoms with Crippen molar-refractivity contribution in [3.63, 3.8) is 0 Å². The van der Waals surface area contributed by atoms with Gasteiger partial charge in [-0.15, -0.1) is 0 Å². The maximum atomic E-state index is 13.8. The molecule has 3 rings (SSSR count). The normalized spacial score (nSPS) is 15.0. The molecule has 0 radical (unpaired) electrons. The average Bonchev–Trinajstić information content (AvgIpc) is 3.07. The van der Waals surface area contributed by atoms with E-state index >= 15 is 0 Å². The molecule has 1 aliphatic carbocycles. The second-order valence-corrected chi connectivity index (χ2v) is 6.37. The minimum Gasteiger partial charge on any atom is -0.488 e. The average molecular weight is 334 g/mol. The molecule has 0 aromatic heterocycles. The Morgan fingerprint density at radius 1 is 1.09 bits per heavy atom. The van der Waals surface area contributed by atoms with Crippen LogP contribution in [0.1, 0.15) is 36.8 Å². The fourth-order valence-electron chi connectivity index (χ4n) is 3.00. The monoisotopic (exact) mass is 333 g/mol. The van der Waals surface area contributed by atoms with Gasteiger partial charge in [-0.1, -0.05) is 48.7 Å². The van der Waals surface area contributed by atoms with Gasteiger partial charge in [-0.2, -0.15) is 0 Å². The van der Waals surface area contributed by atoms with E-state index in [4.69, 9.17) is 16.3 Å². The molecule has 4 heteroatoms. The Kier molecular flexibility index (Phi) is 5.52. The third-order valence-corrected chi connectivity index (χ3v) is 4.70. The zero-order valence-electron chi connectivity index (χ0n) is 13.0. The van der Waals surface area contributed by atoms with Crippen molar-refractivity contribution in [3.8, 4) is 5.75 Å². The summed E-state index contributed by atoms with van der Waals surface area (Å²) in [6.07, 6.45) is 5.10. The van der Waals surface area contributed by atoms with Crippen molar-refractivity contribution in [1.29, 1.82) is 0 Å². The molecule has 122 valence electrons. The first kappa shape index (κ1) is 16.3. The van der Waals surface area contributed by atoms with Gasteiger partial charge < -0.3 is 10.1 Å². The van der Waals surface area contributed by atoms with Gasteiger partial charge in [0.2, 0.25) is 0 Å². The summed E-state index contributed by atoms with van der Waals surface area (Å²) in [5.74, 6) is 0.441. The summed E-state index contributed by atoms with van der Waals surface area (Å²) in [7, 11) is 0. The summed E-state index contributed by atoms with van der Waals surface area (Å²) in [6.45, 7) is 0.901. The Hall–Kier alpha value is -1.58. The number of hydrogen-bond acceptors (Lipinski definition) is 2. The van der Waals surface area contributed by atoms with E-state index in [1.54, 1.807) is 12.1 Å². The first-order chi connectivity index (χ1) is 11.2. The third-order valence-electron chi connectivity index (χ3n) is 4.34. The highest BCUT2D eigenvalue weighted by Crippen LogP contribution is 2.24. The molecular formula is C19H21ClFNO. The van der Waals surface area contributed by atoms with E-state index in [1.165, 1.54) is 31.7 Å². The molecule has 0 aliphatic heterocycles. The summed E-state index contributed by atoms with van der Waals surface area (Å²) in [6, 6.07) is 13.2. The van der Waals surface area contributed by atoms with Gasteiger partial charge in [-0.05, 0) is 31.0 Å². The molecule has 1 saturated carbocycles. The molecular weight excluding hydrogens is 313 g/mol. The van der Waals surface area contributed by atoms with E-state index in [0.29, 0.717) is 16.6 Å². The van der Waals surface area contributed by atoms with E-state index in [-0.39, 0.29) is 12.4 Å². The van der Waals surface area contributed by atoms with Crippen LogP contribution in [-0.2, 0) is 13.2 Å². The Bertz CT molecular complexity index is 635. The standard InChI is InChI=1S/C19H21ClFNO/c20-17-9-5-10-18(21)16(17)13-23-19-11-4-1-6-14(19)12-22-15-7-2-3-8-15/h1,4-6,9-11,15,22H,2-3,7-8,12-13H2. The van der Waals surface area contributed by atoms with Crippen molar-refractivity contribution < 1.29 is 9.13 Å². The van der Waals surface area contributed by atoms with Crippen molar-refractivity contribution in [3.05, 3.63) is 64.4 Å². The molecule has 2 aromatic rings. The Labute approximate surface area is 141 Å². The number of benzene rings is 2. The molecule has 2 nitrogen and oxygen atoms in total. The van der Waals surface area contributed by atoms with Crippen LogP contribution in [0.4, 0.5) is 4.39 Å². The smallest absolute Gasteiger partial charge is 0.131 e. The molecule has 1 aliphatic rings. The molecule has 0 amide bonds. The molecule has 1 N–H and O–H groups in total.